The van der Waals surface area contributed by atoms with Crippen molar-refractivity contribution >= 4 is 23.2 Å². The third-order valence-electron chi connectivity index (χ3n) is 4.25. The molecule has 2 aromatic carbocycles. The summed E-state index contributed by atoms with van der Waals surface area (Å²) in [6.07, 6.45) is 3.05. The van der Waals surface area contributed by atoms with E-state index in [2.05, 4.69) is 20.6 Å². The molecule has 0 atom stereocenters. The fourth-order valence-electron chi connectivity index (χ4n) is 2.57. The van der Waals surface area contributed by atoms with Gasteiger partial charge >= 0.3 is 0 Å². The third kappa shape index (κ3) is 4.82. The number of nitrogens with one attached hydrogen (secondary N) is 2. The van der Waals surface area contributed by atoms with E-state index in [0.29, 0.717) is 18.1 Å². The van der Waals surface area contributed by atoms with Crippen molar-refractivity contribution in [2.24, 2.45) is 0 Å². The molecule has 0 unspecified atom stereocenters. The maximum absolute atomic E-state index is 12.3. The van der Waals surface area contributed by atoms with Crippen LogP contribution in [0, 0.1) is 6.92 Å². The zero-order chi connectivity index (χ0) is 19.2. The Bertz CT molecular complexity index is 905. The van der Waals surface area contributed by atoms with Gasteiger partial charge in [0.05, 0.1) is 5.56 Å². The quantitative estimate of drug-likeness (QED) is 0.703. The fraction of sp³-hybridized carbons (Fsp3) is 0.190. The third-order valence-corrected chi connectivity index (χ3v) is 4.25. The van der Waals surface area contributed by atoms with Crippen molar-refractivity contribution in [3.8, 4) is 0 Å². The molecule has 0 saturated heterocycles. The molecule has 6 nitrogen and oxygen atoms in total. The highest BCUT2D eigenvalue weighted by Gasteiger charge is 2.08. The van der Waals surface area contributed by atoms with E-state index >= 15 is 0 Å². The molecule has 1 amide bonds. The maximum atomic E-state index is 12.3. The lowest BCUT2D eigenvalue weighted by Gasteiger charge is -2.13. The number of aryl methyl sites for hydroxylation is 1. The molecule has 27 heavy (non-hydrogen) atoms. The topological polar surface area (TPSA) is 70.2 Å². The second-order valence-corrected chi connectivity index (χ2v) is 6.47. The average Bonchev–Trinajstić information content (AvgIpc) is 2.68. The molecule has 0 radical (unpaired) electrons. The van der Waals surface area contributed by atoms with Crippen LogP contribution in [0.25, 0.3) is 0 Å². The number of anilines is 3. The highest BCUT2D eigenvalue weighted by atomic mass is 16.1. The van der Waals surface area contributed by atoms with Crippen molar-refractivity contribution in [2.45, 2.75) is 13.5 Å². The van der Waals surface area contributed by atoms with Crippen LogP contribution in [0.4, 0.5) is 17.3 Å². The fourth-order valence-corrected chi connectivity index (χ4v) is 2.57. The van der Waals surface area contributed by atoms with E-state index in [1.54, 1.807) is 0 Å². The molecule has 3 rings (SSSR count). The van der Waals surface area contributed by atoms with Crippen LogP contribution in [0.15, 0.2) is 60.9 Å². The van der Waals surface area contributed by atoms with Crippen LogP contribution in [0.2, 0.25) is 0 Å². The van der Waals surface area contributed by atoms with Crippen LogP contribution >= 0.6 is 0 Å². The first-order valence-corrected chi connectivity index (χ1v) is 8.72. The van der Waals surface area contributed by atoms with E-state index in [-0.39, 0.29) is 5.91 Å². The Labute approximate surface area is 159 Å². The summed E-state index contributed by atoms with van der Waals surface area (Å²) in [6.45, 7) is 2.50. The van der Waals surface area contributed by atoms with E-state index in [1.807, 2.05) is 74.4 Å². The predicted octanol–water partition coefficient (Wildman–Crippen LogP) is 3.52. The number of aromatic nitrogens is 2. The minimum absolute atomic E-state index is 0.194. The van der Waals surface area contributed by atoms with Gasteiger partial charge in [-0.15, -0.1) is 0 Å². The van der Waals surface area contributed by atoms with Crippen LogP contribution < -0.4 is 15.5 Å². The molecular weight excluding hydrogens is 338 g/mol. The predicted molar refractivity (Wildman–Crippen MR) is 108 cm³/mol. The number of nitrogens with zero attached hydrogens (tertiary/aromatic N) is 3. The minimum atomic E-state index is -0.194. The van der Waals surface area contributed by atoms with Gasteiger partial charge in [0.2, 0.25) is 5.95 Å². The first kappa shape index (κ1) is 18.4. The van der Waals surface area contributed by atoms with Gasteiger partial charge in [0.25, 0.3) is 5.91 Å². The van der Waals surface area contributed by atoms with Gasteiger partial charge < -0.3 is 15.5 Å². The molecule has 6 heteroatoms. The van der Waals surface area contributed by atoms with Crippen molar-refractivity contribution in [3.05, 3.63) is 77.6 Å². The van der Waals surface area contributed by atoms with Crippen LogP contribution in [-0.2, 0) is 6.54 Å². The molecular formula is C21H23N5O. The summed E-state index contributed by atoms with van der Waals surface area (Å²) >= 11 is 0. The van der Waals surface area contributed by atoms with Crippen molar-refractivity contribution < 1.29 is 4.79 Å². The Kier molecular flexibility index (Phi) is 5.66. The average molecular weight is 361 g/mol. The van der Waals surface area contributed by atoms with Gasteiger partial charge in [-0.3, -0.25) is 4.79 Å². The first-order valence-electron chi connectivity index (χ1n) is 8.72. The Balaban J connectivity index is 1.59. The molecule has 3 aromatic rings. The zero-order valence-corrected chi connectivity index (χ0v) is 15.7. The van der Waals surface area contributed by atoms with Crippen LogP contribution in [0.3, 0.4) is 0 Å². The van der Waals surface area contributed by atoms with E-state index in [4.69, 9.17) is 0 Å². The van der Waals surface area contributed by atoms with Gasteiger partial charge in [0.1, 0.15) is 0 Å². The summed E-state index contributed by atoms with van der Waals surface area (Å²) in [6, 6.07) is 15.9. The van der Waals surface area contributed by atoms with Gasteiger partial charge in [0.15, 0.2) is 0 Å². The summed E-state index contributed by atoms with van der Waals surface area (Å²) in [5.41, 5.74) is 4.66. The molecule has 0 fully saturated rings. The molecule has 1 heterocycles. The number of amides is 1. The van der Waals surface area contributed by atoms with Crippen molar-refractivity contribution in [2.75, 3.05) is 24.3 Å². The van der Waals surface area contributed by atoms with Gasteiger partial charge in [-0.05, 0) is 42.3 Å². The molecule has 0 aliphatic heterocycles. The SMILES string of the molecule is Cc1ccccc1CNC(=O)c1cnc(Nc2ccc(N(C)C)cc2)nc1. The van der Waals surface area contributed by atoms with Crippen molar-refractivity contribution in [1.82, 2.24) is 15.3 Å². The second kappa shape index (κ2) is 8.31. The molecule has 0 aliphatic carbocycles. The van der Waals surface area contributed by atoms with Gasteiger partial charge in [-0.25, -0.2) is 9.97 Å². The summed E-state index contributed by atoms with van der Waals surface area (Å²) in [5, 5.41) is 6.03. The smallest absolute Gasteiger partial charge is 0.254 e. The monoisotopic (exact) mass is 361 g/mol. The second-order valence-electron chi connectivity index (χ2n) is 6.47. The number of carbonyl (C=O) groups excluding carboxylic acids is 1. The Hall–Kier alpha value is -3.41. The summed E-state index contributed by atoms with van der Waals surface area (Å²) in [7, 11) is 3.99. The van der Waals surface area contributed by atoms with E-state index in [9.17, 15) is 4.79 Å². The molecule has 138 valence electrons. The van der Waals surface area contributed by atoms with Crippen molar-refractivity contribution in [3.63, 3.8) is 0 Å². The lowest BCUT2D eigenvalue weighted by atomic mass is 10.1. The van der Waals surface area contributed by atoms with Gasteiger partial charge in [-0.1, -0.05) is 24.3 Å². The molecule has 0 aliphatic rings. The van der Waals surface area contributed by atoms with Crippen LogP contribution in [0.5, 0.6) is 0 Å². The van der Waals surface area contributed by atoms with E-state index in [1.165, 1.54) is 12.4 Å². The van der Waals surface area contributed by atoms with Crippen LogP contribution in [-0.4, -0.2) is 30.0 Å². The number of rotatable bonds is 6. The lowest BCUT2D eigenvalue weighted by Crippen LogP contribution is -2.23. The minimum Gasteiger partial charge on any atom is -0.378 e. The lowest BCUT2D eigenvalue weighted by molar-refractivity contribution is 0.0950. The molecule has 0 bridgehead atoms. The maximum Gasteiger partial charge on any atom is 0.254 e. The van der Waals surface area contributed by atoms with Gasteiger partial charge in [-0.2, -0.15) is 0 Å². The standard InChI is InChI=1S/C21H23N5O/c1-15-6-4-5-7-16(15)12-22-20(27)17-13-23-21(24-14-17)25-18-8-10-19(11-9-18)26(2)3/h4-11,13-14H,12H2,1-3H3,(H,22,27)(H,23,24,25). The Morgan fingerprint density at radius 3 is 2.30 bits per heavy atom. The van der Waals surface area contributed by atoms with Gasteiger partial charge in [0, 0.05) is 44.4 Å². The van der Waals surface area contributed by atoms with E-state index in [0.717, 1.165) is 22.5 Å². The summed E-state index contributed by atoms with van der Waals surface area (Å²) in [5.74, 6) is 0.253. The number of benzene rings is 2. The van der Waals surface area contributed by atoms with Crippen LogP contribution in [0.1, 0.15) is 21.5 Å². The summed E-state index contributed by atoms with van der Waals surface area (Å²) < 4.78 is 0. The Morgan fingerprint density at radius 1 is 1.00 bits per heavy atom. The molecule has 0 spiro atoms. The zero-order valence-electron chi connectivity index (χ0n) is 15.7. The number of hydrogen-bond donors (Lipinski definition) is 2. The molecule has 0 saturated carbocycles. The molecule has 1 aromatic heterocycles. The highest BCUT2D eigenvalue weighted by Crippen LogP contribution is 2.18. The number of hydrogen-bond acceptors (Lipinski definition) is 5. The highest BCUT2D eigenvalue weighted by molar-refractivity contribution is 5.93. The normalized spacial score (nSPS) is 10.3. The Morgan fingerprint density at radius 2 is 1.67 bits per heavy atom. The molecule has 2 N–H and O–H groups in total. The number of carbonyl (C=O) groups is 1. The first-order chi connectivity index (χ1) is 13.0. The summed E-state index contributed by atoms with van der Waals surface area (Å²) in [4.78, 5) is 22.8. The van der Waals surface area contributed by atoms with Crippen molar-refractivity contribution in [1.29, 1.82) is 0 Å². The van der Waals surface area contributed by atoms with E-state index < -0.39 is 0 Å². The largest absolute Gasteiger partial charge is 0.378 e.